The number of nitro groups is 1. The maximum absolute atomic E-state index is 12.4. The Kier molecular flexibility index (Phi) is 6.11. The standard InChI is InChI=1S/C21H19N3O4/c25-20(16-9-5-2-6-10-16)19(15-7-3-1-4-8-15)22-23-21(26)17-11-13-18(14-12-17)24(27)28/h1-14,19-20,22,25H,(H,23,26). The SMILES string of the molecule is O=C(NNC(c1ccccc1)C(O)c1ccccc1)c1ccc([N+](=O)[O-])cc1. The molecule has 28 heavy (non-hydrogen) atoms. The van der Waals surface area contributed by atoms with Crippen LogP contribution in [0.2, 0.25) is 0 Å². The summed E-state index contributed by atoms with van der Waals surface area (Å²) >= 11 is 0. The number of carbonyl (C=O) groups excluding carboxylic acids is 1. The summed E-state index contributed by atoms with van der Waals surface area (Å²) < 4.78 is 0. The molecule has 3 aromatic carbocycles. The van der Waals surface area contributed by atoms with Gasteiger partial charge in [-0.2, -0.15) is 0 Å². The molecule has 0 heterocycles. The summed E-state index contributed by atoms with van der Waals surface area (Å²) in [5, 5.41) is 21.6. The summed E-state index contributed by atoms with van der Waals surface area (Å²) in [5.74, 6) is -0.462. The van der Waals surface area contributed by atoms with E-state index in [9.17, 15) is 20.0 Å². The fourth-order valence-electron chi connectivity index (χ4n) is 2.80. The number of aliphatic hydroxyl groups is 1. The molecule has 7 nitrogen and oxygen atoms in total. The van der Waals surface area contributed by atoms with Gasteiger partial charge in [0.05, 0.1) is 11.0 Å². The molecular formula is C21H19N3O4. The molecule has 0 radical (unpaired) electrons. The average molecular weight is 377 g/mol. The van der Waals surface area contributed by atoms with Crippen LogP contribution in [-0.4, -0.2) is 15.9 Å². The summed E-state index contributed by atoms with van der Waals surface area (Å²) in [6.45, 7) is 0. The third-order valence-electron chi connectivity index (χ3n) is 4.30. The first-order valence-electron chi connectivity index (χ1n) is 8.64. The van der Waals surface area contributed by atoms with Crippen molar-refractivity contribution in [2.24, 2.45) is 0 Å². The van der Waals surface area contributed by atoms with E-state index in [1.54, 1.807) is 12.1 Å². The van der Waals surface area contributed by atoms with Crippen LogP contribution in [0.25, 0.3) is 0 Å². The largest absolute Gasteiger partial charge is 0.386 e. The van der Waals surface area contributed by atoms with Gasteiger partial charge < -0.3 is 5.11 Å². The number of hydrogen-bond donors (Lipinski definition) is 3. The van der Waals surface area contributed by atoms with Crippen LogP contribution in [0.15, 0.2) is 84.9 Å². The minimum Gasteiger partial charge on any atom is -0.386 e. The van der Waals surface area contributed by atoms with Gasteiger partial charge >= 0.3 is 0 Å². The van der Waals surface area contributed by atoms with Crippen LogP contribution >= 0.6 is 0 Å². The zero-order chi connectivity index (χ0) is 19.9. The van der Waals surface area contributed by atoms with Crippen LogP contribution < -0.4 is 10.9 Å². The fraction of sp³-hybridized carbons (Fsp3) is 0.0952. The second kappa shape index (κ2) is 8.90. The number of rotatable bonds is 7. The molecule has 0 aromatic heterocycles. The predicted octanol–water partition coefficient (Wildman–Crippen LogP) is 3.30. The number of amides is 1. The van der Waals surface area contributed by atoms with E-state index in [2.05, 4.69) is 10.9 Å². The molecule has 0 saturated heterocycles. The zero-order valence-corrected chi connectivity index (χ0v) is 14.9. The fourth-order valence-corrected chi connectivity index (χ4v) is 2.80. The number of hydrogen-bond acceptors (Lipinski definition) is 5. The summed E-state index contributed by atoms with van der Waals surface area (Å²) in [6.07, 6.45) is -0.902. The normalized spacial score (nSPS) is 12.8. The number of aliphatic hydroxyl groups excluding tert-OH is 1. The van der Waals surface area contributed by atoms with Crippen molar-refractivity contribution in [2.45, 2.75) is 12.1 Å². The topological polar surface area (TPSA) is 104 Å². The van der Waals surface area contributed by atoms with Crippen molar-refractivity contribution in [3.8, 4) is 0 Å². The van der Waals surface area contributed by atoms with Crippen molar-refractivity contribution >= 4 is 11.6 Å². The first-order chi connectivity index (χ1) is 13.6. The van der Waals surface area contributed by atoms with E-state index in [1.165, 1.54) is 24.3 Å². The Labute approximate surface area is 161 Å². The molecule has 0 fully saturated rings. The summed E-state index contributed by atoms with van der Waals surface area (Å²) in [4.78, 5) is 22.6. The number of benzene rings is 3. The highest BCUT2D eigenvalue weighted by Gasteiger charge is 2.23. The molecule has 3 rings (SSSR count). The van der Waals surface area contributed by atoms with Crippen LogP contribution in [0, 0.1) is 10.1 Å². The Hall–Kier alpha value is -3.55. The zero-order valence-electron chi connectivity index (χ0n) is 14.9. The van der Waals surface area contributed by atoms with Crippen LogP contribution in [0.3, 0.4) is 0 Å². The van der Waals surface area contributed by atoms with E-state index in [0.717, 1.165) is 5.56 Å². The Morgan fingerprint density at radius 2 is 1.39 bits per heavy atom. The van der Waals surface area contributed by atoms with Crippen molar-refractivity contribution in [1.82, 2.24) is 10.9 Å². The molecule has 0 aliphatic rings. The van der Waals surface area contributed by atoms with Gasteiger partial charge in [-0.1, -0.05) is 60.7 Å². The number of nitrogens with zero attached hydrogens (tertiary/aromatic N) is 1. The smallest absolute Gasteiger partial charge is 0.269 e. The maximum atomic E-state index is 12.4. The van der Waals surface area contributed by atoms with Crippen LogP contribution in [0.4, 0.5) is 5.69 Å². The molecule has 0 saturated carbocycles. The number of non-ortho nitro benzene ring substituents is 1. The van der Waals surface area contributed by atoms with Crippen molar-refractivity contribution < 1.29 is 14.8 Å². The van der Waals surface area contributed by atoms with Gasteiger partial charge in [-0.3, -0.25) is 20.3 Å². The molecule has 0 spiro atoms. The molecule has 0 bridgehead atoms. The van der Waals surface area contributed by atoms with Gasteiger partial charge in [0.15, 0.2) is 0 Å². The first-order valence-corrected chi connectivity index (χ1v) is 8.64. The van der Waals surface area contributed by atoms with Crippen molar-refractivity contribution in [1.29, 1.82) is 0 Å². The molecule has 2 unspecified atom stereocenters. The second-order valence-electron chi connectivity index (χ2n) is 6.15. The average Bonchev–Trinajstić information content (AvgIpc) is 2.75. The van der Waals surface area contributed by atoms with E-state index < -0.39 is 23.0 Å². The molecule has 3 N–H and O–H groups in total. The molecule has 1 amide bonds. The van der Waals surface area contributed by atoms with Crippen molar-refractivity contribution in [2.75, 3.05) is 0 Å². The quantitative estimate of drug-likeness (QED) is 0.433. The minimum atomic E-state index is -0.902. The highest BCUT2D eigenvalue weighted by Crippen LogP contribution is 2.28. The van der Waals surface area contributed by atoms with Gasteiger partial charge in [0, 0.05) is 17.7 Å². The molecule has 7 heteroatoms. The van der Waals surface area contributed by atoms with Crippen molar-refractivity contribution in [3.63, 3.8) is 0 Å². The van der Waals surface area contributed by atoms with Crippen LogP contribution in [0.1, 0.15) is 33.6 Å². The highest BCUT2D eigenvalue weighted by atomic mass is 16.6. The number of nitro benzene ring substituents is 1. The number of nitrogens with one attached hydrogen (secondary N) is 2. The lowest BCUT2D eigenvalue weighted by Gasteiger charge is -2.25. The molecular weight excluding hydrogens is 358 g/mol. The van der Waals surface area contributed by atoms with Gasteiger partial charge in [-0.15, -0.1) is 0 Å². The lowest BCUT2D eigenvalue weighted by molar-refractivity contribution is -0.384. The first kappa shape index (κ1) is 19.2. The molecule has 0 aliphatic heterocycles. The van der Waals surface area contributed by atoms with E-state index >= 15 is 0 Å². The predicted molar refractivity (Wildman–Crippen MR) is 104 cm³/mol. The lowest BCUT2D eigenvalue weighted by atomic mass is 9.96. The second-order valence-corrected chi connectivity index (χ2v) is 6.15. The third-order valence-corrected chi connectivity index (χ3v) is 4.30. The van der Waals surface area contributed by atoms with E-state index in [1.807, 2.05) is 48.5 Å². The number of hydrazine groups is 1. The molecule has 142 valence electrons. The molecule has 3 aromatic rings. The van der Waals surface area contributed by atoms with E-state index in [0.29, 0.717) is 5.56 Å². The highest BCUT2D eigenvalue weighted by molar-refractivity contribution is 5.94. The van der Waals surface area contributed by atoms with Crippen molar-refractivity contribution in [3.05, 3.63) is 112 Å². The molecule has 2 atom stereocenters. The van der Waals surface area contributed by atoms with Gasteiger partial charge in [0.1, 0.15) is 6.10 Å². The maximum Gasteiger partial charge on any atom is 0.269 e. The van der Waals surface area contributed by atoms with Gasteiger partial charge in [-0.25, -0.2) is 5.43 Å². The van der Waals surface area contributed by atoms with Gasteiger partial charge in [0.2, 0.25) is 0 Å². The van der Waals surface area contributed by atoms with Crippen LogP contribution in [0.5, 0.6) is 0 Å². The Morgan fingerprint density at radius 1 is 0.857 bits per heavy atom. The summed E-state index contributed by atoms with van der Waals surface area (Å²) in [6, 6.07) is 23.1. The monoisotopic (exact) mass is 377 g/mol. The minimum absolute atomic E-state index is 0.0915. The number of carbonyl (C=O) groups is 1. The van der Waals surface area contributed by atoms with Crippen LogP contribution in [-0.2, 0) is 0 Å². The third kappa shape index (κ3) is 4.59. The Morgan fingerprint density at radius 3 is 1.93 bits per heavy atom. The summed E-state index contributed by atoms with van der Waals surface area (Å²) in [5.41, 5.74) is 7.13. The summed E-state index contributed by atoms with van der Waals surface area (Å²) in [7, 11) is 0. The van der Waals surface area contributed by atoms with E-state index in [4.69, 9.17) is 0 Å². The lowest BCUT2D eigenvalue weighted by Crippen LogP contribution is -2.42. The molecule has 0 aliphatic carbocycles. The van der Waals surface area contributed by atoms with E-state index in [-0.39, 0.29) is 11.3 Å². The Balaban J connectivity index is 1.76. The van der Waals surface area contributed by atoms with Gasteiger partial charge in [0.25, 0.3) is 11.6 Å². The Bertz CT molecular complexity index is 931. The van der Waals surface area contributed by atoms with Gasteiger partial charge in [-0.05, 0) is 23.3 Å².